The van der Waals surface area contributed by atoms with Gasteiger partial charge in [-0.3, -0.25) is 9.59 Å². The van der Waals surface area contributed by atoms with Gasteiger partial charge in [-0.15, -0.1) is 0 Å². The monoisotopic (exact) mass is 262 g/mol. The maximum atomic E-state index is 14.0. The highest BCUT2D eigenvalue weighted by molar-refractivity contribution is 6.16. The summed E-state index contributed by atoms with van der Waals surface area (Å²) in [7, 11) is 0. The fourth-order valence-electron chi connectivity index (χ4n) is 3.07. The fourth-order valence-corrected chi connectivity index (χ4v) is 3.07. The maximum absolute atomic E-state index is 14.0. The van der Waals surface area contributed by atoms with E-state index in [-0.39, 0.29) is 23.8 Å². The van der Waals surface area contributed by atoms with Crippen LogP contribution in [0, 0.1) is 32.0 Å². The number of hydrogen-bond donors (Lipinski definition) is 0. The average Bonchev–Trinajstić information content (AvgIpc) is 2.48. The second kappa shape index (κ2) is 4.26. The topological polar surface area (TPSA) is 34.1 Å². The lowest BCUT2D eigenvalue weighted by atomic mass is 9.83. The lowest BCUT2D eigenvalue weighted by Crippen LogP contribution is -2.22. The van der Waals surface area contributed by atoms with Crippen LogP contribution in [0.3, 0.4) is 0 Å². The molecule has 2 rings (SSSR count). The molecule has 19 heavy (non-hydrogen) atoms. The summed E-state index contributed by atoms with van der Waals surface area (Å²) in [6.07, 6.45) is 0.241. The number of hydrogen-bond acceptors (Lipinski definition) is 2. The van der Waals surface area contributed by atoms with E-state index in [1.165, 1.54) is 0 Å². The van der Waals surface area contributed by atoms with Gasteiger partial charge >= 0.3 is 0 Å². The van der Waals surface area contributed by atoms with Gasteiger partial charge in [0, 0.05) is 11.8 Å². The normalized spacial score (nSPS) is 22.1. The Bertz CT molecular complexity index is 585. The Hall–Kier alpha value is -1.51. The SMILES string of the molecule is Cc1cc(C)c(C2C(=O)CC(C)(C)C2=O)c(C)c1F. The second-order valence-electron chi connectivity index (χ2n) is 6.19. The smallest absolute Gasteiger partial charge is 0.153 e. The Labute approximate surface area is 113 Å². The first-order valence-corrected chi connectivity index (χ1v) is 6.50. The summed E-state index contributed by atoms with van der Waals surface area (Å²) in [5.41, 5.74) is 1.74. The van der Waals surface area contributed by atoms with Crippen LogP contribution in [-0.4, -0.2) is 11.6 Å². The molecule has 1 aliphatic carbocycles. The molecule has 102 valence electrons. The van der Waals surface area contributed by atoms with Crippen molar-refractivity contribution < 1.29 is 14.0 Å². The predicted octanol–water partition coefficient (Wildman–Crippen LogP) is 3.40. The molecule has 0 bridgehead atoms. The van der Waals surface area contributed by atoms with E-state index in [4.69, 9.17) is 0 Å². The van der Waals surface area contributed by atoms with Crippen LogP contribution in [0.15, 0.2) is 6.07 Å². The number of ketones is 2. The molecule has 1 aromatic rings. The molecule has 1 fully saturated rings. The summed E-state index contributed by atoms with van der Waals surface area (Å²) in [5, 5.41) is 0. The van der Waals surface area contributed by atoms with Crippen LogP contribution in [0.1, 0.15) is 48.4 Å². The van der Waals surface area contributed by atoms with Crippen LogP contribution in [0.2, 0.25) is 0 Å². The lowest BCUT2D eigenvalue weighted by Gasteiger charge is -2.19. The second-order valence-corrected chi connectivity index (χ2v) is 6.19. The summed E-state index contributed by atoms with van der Waals surface area (Å²) in [4.78, 5) is 24.6. The summed E-state index contributed by atoms with van der Waals surface area (Å²) in [5.74, 6) is -1.28. The first-order chi connectivity index (χ1) is 8.66. The van der Waals surface area contributed by atoms with Crippen LogP contribution >= 0.6 is 0 Å². The van der Waals surface area contributed by atoms with Gasteiger partial charge in [0.05, 0.1) is 0 Å². The zero-order chi connectivity index (χ0) is 14.5. The largest absolute Gasteiger partial charge is 0.298 e. The first-order valence-electron chi connectivity index (χ1n) is 6.50. The molecule has 1 atom stereocenters. The molecular formula is C16H19FO2. The van der Waals surface area contributed by atoms with Crippen molar-refractivity contribution in [2.45, 2.75) is 47.0 Å². The highest BCUT2D eigenvalue weighted by Crippen LogP contribution is 2.42. The van der Waals surface area contributed by atoms with Crippen molar-refractivity contribution in [3.8, 4) is 0 Å². The molecule has 0 N–H and O–H groups in total. The van der Waals surface area contributed by atoms with E-state index in [2.05, 4.69) is 0 Å². The van der Waals surface area contributed by atoms with Crippen molar-refractivity contribution in [2.75, 3.05) is 0 Å². The van der Waals surface area contributed by atoms with E-state index in [0.29, 0.717) is 16.7 Å². The third-order valence-corrected chi connectivity index (χ3v) is 4.09. The summed E-state index contributed by atoms with van der Waals surface area (Å²) < 4.78 is 14.0. The highest BCUT2D eigenvalue weighted by Gasteiger charge is 2.48. The number of Topliss-reactive ketones (excluding diaryl/α,β-unsaturated/α-hetero) is 2. The molecule has 1 unspecified atom stereocenters. The minimum Gasteiger partial charge on any atom is -0.298 e. The molecule has 0 amide bonds. The van der Waals surface area contributed by atoms with Crippen molar-refractivity contribution in [2.24, 2.45) is 5.41 Å². The number of carbonyl (C=O) groups excluding carboxylic acids is 2. The number of halogens is 1. The molecule has 0 saturated heterocycles. The van der Waals surface area contributed by atoms with Crippen LogP contribution in [0.5, 0.6) is 0 Å². The van der Waals surface area contributed by atoms with Crippen LogP contribution < -0.4 is 0 Å². The molecular weight excluding hydrogens is 243 g/mol. The number of carbonyl (C=O) groups is 2. The summed E-state index contributed by atoms with van der Waals surface area (Å²) in [6.45, 7) is 8.74. The van der Waals surface area contributed by atoms with Crippen LogP contribution in [-0.2, 0) is 9.59 Å². The molecule has 0 aromatic heterocycles. The van der Waals surface area contributed by atoms with Gasteiger partial charge < -0.3 is 0 Å². The molecule has 0 heterocycles. The molecule has 0 radical (unpaired) electrons. The molecule has 1 aliphatic rings. The first kappa shape index (κ1) is 13.9. The minimum atomic E-state index is -0.787. The van der Waals surface area contributed by atoms with E-state index >= 15 is 0 Å². The number of aryl methyl sites for hydroxylation is 2. The molecule has 2 nitrogen and oxygen atoms in total. The Kier molecular flexibility index (Phi) is 3.12. The van der Waals surface area contributed by atoms with Gasteiger partial charge in [0.2, 0.25) is 0 Å². The van der Waals surface area contributed by atoms with Crippen molar-refractivity contribution in [3.05, 3.63) is 34.1 Å². The van der Waals surface area contributed by atoms with Crippen molar-refractivity contribution in [1.82, 2.24) is 0 Å². The van der Waals surface area contributed by atoms with Crippen LogP contribution in [0.25, 0.3) is 0 Å². The number of benzene rings is 1. The quantitative estimate of drug-likeness (QED) is 0.727. The molecule has 3 heteroatoms. The Balaban J connectivity index is 2.64. The predicted molar refractivity (Wildman–Crippen MR) is 71.8 cm³/mol. The summed E-state index contributed by atoms with van der Waals surface area (Å²) >= 11 is 0. The van der Waals surface area contributed by atoms with E-state index < -0.39 is 11.3 Å². The van der Waals surface area contributed by atoms with Gasteiger partial charge in [0.25, 0.3) is 0 Å². The fraction of sp³-hybridized carbons (Fsp3) is 0.500. The number of rotatable bonds is 1. The zero-order valence-corrected chi connectivity index (χ0v) is 12.1. The standard InChI is InChI=1S/C16H19FO2/c1-8-6-9(2)14(17)10(3)12(8)13-11(18)7-16(4,5)15(13)19/h6,13H,7H2,1-5H3. The van der Waals surface area contributed by atoms with E-state index in [0.717, 1.165) is 5.56 Å². The molecule has 0 spiro atoms. The van der Waals surface area contributed by atoms with Crippen molar-refractivity contribution >= 4 is 11.6 Å². The van der Waals surface area contributed by atoms with E-state index in [9.17, 15) is 14.0 Å². The van der Waals surface area contributed by atoms with Gasteiger partial charge in [-0.2, -0.15) is 0 Å². The van der Waals surface area contributed by atoms with Gasteiger partial charge in [-0.05, 0) is 43.0 Å². The minimum absolute atomic E-state index is 0.0908. The Morgan fingerprint density at radius 2 is 1.74 bits per heavy atom. The van der Waals surface area contributed by atoms with Crippen LogP contribution in [0.4, 0.5) is 4.39 Å². The molecule has 1 saturated carbocycles. The third-order valence-electron chi connectivity index (χ3n) is 4.09. The van der Waals surface area contributed by atoms with Crippen molar-refractivity contribution in [3.63, 3.8) is 0 Å². The Morgan fingerprint density at radius 3 is 2.21 bits per heavy atom. The van der Waals surface area contributed by atoms with E-state index in [1.54, 1.807) is 33.8 Å². The van der Waals surface area contributed by atoms with Gasteiger partial charge in [0.1, 0.15) is 17.5 Å². The van der Waals surface area contributed by atoms with Gasteiger partial charge in [-0.25, -0.2) is 4.39 Å². The molecule has 0 aliphatic heterocycles. The lowest BCUT2D eigenvalue weighted by molar-refractivity contribution is -0.126. The zero-order valence-electron chi connectivity index (χ0n) is 12.1. The highest BCUT2D eigenvalue weighted by atomic mass is 19.1. The van der Waals surface area contributed by atoms with Gasteiger partial charge in [-0.1, -0.05) is 19.9 Å². The van der Waals surface area contributed by atoms with E-state index in [1.807, 2.05) is 6.92 Å². The maximum Gasteiger partial charge on any atom is 0.153 e. The average molecular weight is 262 g/mol. The third kappa shape index (κ3) is 2.01. The molecule has 1 aromatic carbocycles. The van der Waals surface area contributed by atoms with Gasteiger partial charge in [0.15, 0.2) is 5.78 Å². The Morgan fingerprint density at radius 1 is 1.16 bits per heavy atom. The summed E-state index contributed by atoms with van der Waals surface area (Å²) in [6, 6.07) is 1.71. The van der Waals surface area contributed by atoms with Crippen molar-refractivity contribution in [1.29, 1.82) is 0 Å².